The van der Waals surface area contributed by atoms with Gasteiger partial charge in [-0.05, 0) is 39.3 Å². The van der Waals surface area contributed by atoms with Crippen LogP contribution in [0.4, 0.5) is 5.82 Å². The molecule has 0 radical (unpaired) electrons. The Labute approximate surface area is 130 Å². The molecule has 1 aliphatic rings. The lowest BCUT2D eigenvalue weighted by molar-refractivity contribution is -0.125. The summed E-state index contributed by atoms with van der Waals surface area (Å²) in [6.07, 6.45) is 2.46. The smallest absolute Gasteiger partial charge is 0.225 e. The van der Waals surface area contributed by atoms with Crippen LogP contribution in [0.3, 0.4) is 0 Å². The Morgan fingerprint density at radius 3 is 2.82 bits per heavy atom. The van der Waals surface area contributed by atoms with Crippen LogP contribution in [-0.2, 0) is 4.79 Å². The highest BCUT2D eigenvalue weighted by Gasteiger charge is 2.31. The van der Waals surface area contributed by atoms with Gasteiger partial charge < -0.3 is 10.2 Å². The summed E-state index contributed by atoms with van der Waals surface area (Å²) in [6.45, 7) is 7.59. The van der Waals surface area contributed by atoms with E-state index in [1.165, 1.54) is 0 Å². The summed E-state index contributed by atoms with van der Waals surface area (Å²) in [6, 6.07) is 7.99. The van der Waals surface area contributed by atoms with Gasteiger partial charge in [0.05, 0.1) is 11.4 Å². The highest BCUT2D eigenvalue weighted by molar-refractivity contribution is 5.90. The molecule has 0 aliphatic carbocycles. The summed E-state index contributed by atoms with van der Waals surface area (Å²) in [5.74, 6) is 1.08. The zero-order valence-electron chi connectivity index (χ0n) is 13.3. The summed E-state index contributed by atoms with van der Waals surface area (Å²) in [7, 11) is 0. The molecule has 116 valence electrons. The minimum Gasteiger partial charge on any atom is -0.355 e. The lowest BCUT2D eigenvalue weighted by Gasteiger charge is -2.23. The van der Waals surface area contributed by atoms with E-state index in [1.54, 1.807) is 6.33 Å². The molecule has 5 nitrogen and oxygen atoms in total. The van der Waals surface area contributed by atoms with Crippen molar-refractivity contribution < 1.29 is 4.79 Å². The van der Waals surface area contributed by atoms with Crippen molar-refractivity contribution in [3.05, 3.63) is 30.6 Å². The third-order valence-corrected chi connectivity index (χ3v) is 3.88. The molecule has 2 aromatic rings. The number of nitrogens with one attached hydrogen (secondary N) is 1. The second-order valence-corrected chi connectivity index (χ2v) is 6.89. The maximum Gasteiger partial charge on any atom is 0.225 e. The van der Waals surface area contributed by atoms with E-state index in [2.05, 4.69) is 20.2 Å². The summed E-state index contributed by atoms with van der Waals surface area (Å²) in [4.78, 5) is 23.3. The molecule has 0 saturated carbocycles. The van der Waals surface area contributed by atoms with E-state index in [-0.39, 0.29) is 17.4 Å². The molecule has 1 atom stereocenters. The first-order valence-electron chi connectivity index (χ1n) is 7.71. The summed E-state index contributed by atoms with van der Waals surface area (Å²) in [5, 5.41) is 4.12. The lowest BCUT2D eigenvalue weighted by Crippen LogP contribution is -2.44. The van der Waals surface area contributed by atoms with Crippen molar-refractivity contribution >= 4 is 22.6 Å². The molecule has 3 rings (SSSR count). The number of benzene rings is 1. The van der Waals surface area contributed by atoms with Crippen LogP contribution in [0, 0.1) is 5.92 Å². The third kappa shape index (κ3) is 3.03. The number of nitrogens with zero attached hydrogens (tertiary/aromatic N) is 3. The molecule has 5 heteroatoms. The quantitative estimate of drug-likeness (QED) is 0.925. The molecule has 0 bridgehead atoms. The Morgan fingerprint density at radius 2 is 2.05 bits per heavy atom. The second-order valence-electron chi connectivity index (χ2n) is 6.89. The van der Waals surface area contributed by atoms with Gasteiger partial charge in [-0.15, -0.1) is 0 Å². The van der Waals surface area contributed by atoms with E-state index in [1.807, 2.05) is 45.0 Å². The number of fused-ring (bicyclic) bond motifs is 1. The fourth-order valence-electron chi connectivity index (χ4n) is 2.88. The van der Waals surface area contributed by atoms with E-state index in [0.717, 1.165) is 29.7 Å². The van der Waals surface area contributed by atoms with E-state index in [4.69, 9.17) is 0 Å². The molecule has 1 N–H and O–H groups in total. The van der Waals surface area contributed by atoms with Gasteiger partial charge in [0.2, 0.25) is 5.91 Å². The number of hydrogen-bond donors (Lipinski definition) is 1. The summed E-state index contributed by atoms with van der Waals surface area (Å²) >= 11 is 0. The Morgan fingerprint density at radius 1 is 1.27 bits per heavy atom. The Balaban J connectivity index is 1.79. The third-order valence-electron chi connectivity index (χ3n) is 3.88. The summed E-state index contributed by atoms with van der Waals surface area (Å²) in [5.41, 5.74) is 0.752. The fourth-order valence-corrected chi connectivity index (χ4v) is 2.88. The van der Waals surface area contributed by atoms with E-state index in [0.29, 0.717) is 6.54 Å². The maximum absolute atomic E-state index is 12.3. The van der Waals surface area contributed by atoms with Gasteiger partial charge in [-0.3, -0.25) is 4.79 Å². The fraction of sp³-hybridized carbons (Fsp3) is 0.471. The molecule has 0 spiro atoms. The summed E-state index contributed by atoms with van der Waals surface area (Å²) < 4.78 is 0. The van der Waals surface area contributed by atoms with Gasteiger partial charge in [0.25, 0.3) is 0 Å². The molecule has 1 unspecified atom stereocenters. The van der Waals surface area contributed by atoms with E-state index >= 15 is 0 Å². The Hall–Kier alpha value is -2.17. The molecular weight excluding hydrogens is 276 g/mol. The van der Waals surface area contributed by atoms with Crippen molar-refractivity contribution in [2.75, 3.05) is 18.0 Å². The number of para-hydroxylation sites is 1. The topological polar surface area (TPSA) is 58.1 Å². The molecule has 1 aromatic heterocycles. The van der Waals surface area contributed by atoms with Gasteiger partial charge in [0.15, 0.2) is 0 Å². The normalized spacial score (nSPS) is 18.7. The van der Waals surface area contributed by atoms with E-state index < -0.39 is 0 Å². The van der Waals surface area contributed by atoms with Crippen LogP contribution in [0.15, 0.2) is 30.6 Å². The first-order chi connectivity index (χ1) is 10.4. The molecule has 22 heavy (non-hydrogen) atoms. The van der Waals surface area contributed by atoms with Crippen molar-refractivity contribution in [2.24, 2.45) is 5.92 Å². The largest absolute Gasteiger partial charge is 0.355 e. The lowest BCUT2D eigenvalue weighted by atomic mass is 10.0. The standard InChI is InChI=1S/C17H22N4O/c1-17(2,3)20-16(22)12-8-9-21(10-12)15-13-6-4-5-7-14(13)18-11-19-15/h4-7,11-12H,8-10H2,1-3H3,(H,20,22). The number of anilines is 1. The van der Waals surface area contributed by atoms with Crippen molar-refractivity contribution in [1.82, 2.24) is 15.3 Å². The number of aromatic nitrogens is 2. The predicted molar refractivity (Wildman–Crippen MR) is 87.8 cm³/mol. The van der Waals surface area contributed by atoms with Gasteiger partial charge in [-0.25, -0.2) is 9.97 Å². The first-order valence-corrected chi connectivity index (χ1v) is 7.71. The SMILES string of the molecule is CC(C)(C)NC(=O)C1CCN(c2ncnc3ccccc23)C1. The van der Waals surface area contributed by atoms with Crippen molar-refractivity contribution in [3.8, 4) is 0 Å². The molecular formula is C17H22N4O. The first kappa shape index (κ1) is 14.8. The Bertz CT molecular complexity index is 687. The van der Waals surface area contributed by atoms with E-state index in [9.17, 15) is 4.79 Å². The van der Waals surface area contributed by atoms with Gasteiger partial charge in [0, 0.05) is 24.0 Å². The maximum atomic E-state index is 12.3. The van der Waals surface area contributed by atoms with Gasteiger partial charge >= 0.3 is 0 Å². The van der Waals surface area contributed by atoms with Crippen LogP contribution in [0.2, 0.25) is 0 Å². The minimum atomic E-state index is -0.188. The van der Waals surface area contributed by atoms with Gasteiger partial charge in [0.1, 0.15) is 12.1 Å². The van der Waals surface area contributed by atoms with Crippen molar-refractivity contribution in [1.29, 1.82) is 0 Å². The van der Waals surface area contributed by atoms with Crippen LogP contribution in [-0.4, -0.2) is 34.5 Å². The molecule has 1 saturated heterocycles. The highest BCUT2D eigenvalue weighted by atomic mass is 16.2. The van der Waals surface area contributed by atoms with Crippen LogP contribution in [0.25, 0.3) is 10.9 Å². The minimum absolute atomic E-state index is 0.0213. The van der Waals surface area contributed by atoms with Crippen LogP contribution >= 0.6 is 0 Å². The van der Waals surface area contributed by atoms with Crippen molar-refractivity contribution in [2.45, 2.75) is 32.7 Å². The average Bonchev–Trinajstić information content (AvgIpc) is 2.94. The molecule has 1 fully saturated rings. The van der Waals surface area contributed by atoms with Crippen LogP contribution in [0.1, 0.15) is 27.2 Å². The van der Waals surface area contributed by atoms with Gasteiger partial charge in [-0.1, -0.05) is 12.1 Å². The highest BCUT2D eigenvalue weighted by Crippen LogP contribution is 2.28. The molecule has 1 amide bonds. The van der Waals surface area contributed by atoms with Gasteiger partial charge in [-0.2, -0.15) is 0 Å². The molecule has 1 aliphatic heterocycles. The second kappa shape index (κ2) is 5.55. The monoisotopic (exact) mass is 298 g/mol. The van der Waals surface area contributed by atoms with Crippen molar-refractivity contribution in [3.63, 3.8) is 0 Å². The number of amides is 1. The van der Waals surface area contributed by atoms with Crippen LogP contribution in [0.5, 0.6) is 0 Å². The van der Waals surface area contributed by atoms with Crippen LogP contribution < -0.4 is 10.2 Å². The number of carbonyl (C=O) groups excluding carboxylic acids is 1. The zero-order valence-corrected chi connectivity index (χ0v) is 13.3. The molecule has 1 aromatic carbocycles. The number of hydrogen-bond acceptors (Lipinski definition) is 4. The number of carbonyl (C=O) groups is 1. The Kier molecular flexibility index (Phi) is 3.72. The average molecular weight is 298 g/mol. The molecule has 2 heterocycles. The predicted octanol–water partition coefficient (Wildman–Crippen LogP) is 2.37. The number of rotatable bonds is 2. The zero-order chi connectivity index (χ0) is 15.7.